The van der Waals surface area contributed by atoms with Crippen molar-refractivity contribution in [3.63, 3.8) is 0 Å². The molecule has 10 heteroatoms. The highest BCUT2D eigenvalue weighted by atomic mass is 32.2. The van der Waals surface area contributed by atoms with Crippen molar-refractivity contribution in [3.05, 3.63) is 53.3 Å². The number of nitrogens with zero attached hydrogens (tertiary/aromatic N) is 4. The summed E-state index contributed by atoms with van der Waals surface area (Å²) in [5, 5.41) is 4.70. The molecule has 0 radical (unpaired) electrons. The lowest BCUT2D eigenvalue weighted by molar-refractivity contribution is -0.115. The monoisotopic (exact) mass is 410 g/mol. The number of rotatable bonds is 3. The predicted octanol–water partition coefficient (Wildman–Crippen LogP) is 2.15. The Hall–Kier alpha value is -3.40. The molecule has 0 bridgehead atoms. The lowest BCUT2D eigenvalue weighted by Crippen LogP contribution is -2.50. The minimum Gasteiger partial charge on any atom is -0.353 e. The van der Waals surface area contributed by atoms with Gasteiger partial charge in [-0.3, -0.25) is 14.9 Å². The SMILES string of the molecule is O=C1NC(=O)C(=Cc2nccc(N3CCN(C(=O)Nc4ccccc4)CC3)n2)S1. The van der Waals surface area contributed by atoms with Gasteiger partial charge in [-0.05, 0) is 30.0 Å². The molecule has 2 aliphatic heterocycles. The summed E-state index contributed by atoms with van der Waals surface area (Å²) in [5.41, 5.74) is 0.765. The van der Waals surface area contributed by atoms with Crippen molar-refractivity contribution in [2.24, 2.45) is 0 Å². The molecule has 2 N–H and O–H groups in total. The Morgan fingerprint density at radius 3 is 2.55 bits per heavy atom. The van der Waals surface area contributed by atoms with Gasteiger partial charge < -0.3 is 15.1 Å². The van der Waals surface area contributed by atoms with E-state index < -0.39 is 11.1 Å². The van der Waals surface area contributed by atoms with E-state index in [1.54, 1.807) is 17.2 Å². The Bertz CT molecular complexity index is 973. The molecule has 148 valence electrons. The second-order valence-corrected chi connectivity index (χ2v) is 7.41. The summed E-state index contributed by atoms with van der Waals surface area (Å²) in [6.45, 7) is 2.38. The number of urea groups is 1. The average Bonchev–Trinajstić information content (AvgIpc) is 3.05. The van der Waals surface area contributed by atoms with Crippen molar-refractivity contribution >= 4 is 46.5 Å². The van der Waals surface area contributed by atoms with Gasteiger partial charge in [0.25, 0.3) is 11.1 Å². The van der Waals surface area contributed by atoms with Gasteiger partial charge in [0.15, 0.2) is 5.82 Å². The molecule has 0 spiro atoms. The van der Waals surface area contributed by atoms with Crippen molar-refractivity contribution in [2.45, 2.75) is 0 Å². The summed E-state index contributed by atoms with van der Waals surface area (Å²) in [5.74, 6) is 0.635. The number of hydrogen-bond donors (Lipinski definition) is 2. The fourth-order valence-corrected chi connectivity index (χ4v) is 3.66. The van der Waals surface area contributed by atoms with Crippen molar-refractivity contribution in [1.29, 1.82) is 0 Å². The van der Waals surface area contributed by atoms with E-state index in [2.05, 4.69) is 25.5 Å². The second-order valence-electron chi connectivity index (χ2n) is 6.40. The van der Waals surface area contributed by atoms with Gasteiger partial charge in [-0.15, -0.1) is 0 Å². The molecule has 4 rings (SSSR count). The van der Waals surface area contributed by atoms with Crippen molar-refractivity contribution in [2.75, 3.05) is 36.4 Å². The largest absolute Gasteiger partial charge is 0.353 e. The Morgan fingerprint density at radius 1 is 1.10 bits per heavy atom. The molecule has 3 heterocycles. The standard InChI is InChI=1S/C19H18N6O3S/c26-17-14(29-19(28)23-17)12-15-20-7-6-16(22-15)24-8-10-25(11-9-24)18(27)21-13-4-2-1-3-5-13/h1-7,12H,8-11H2,(H,21,27)(H,23,26,28). The molecule has 29 heavy (non-hydrogen) atoms. The maximum atomic E-state index is 12.4. The number of imide groups is 1. The number of carbonyl (C=O) groups is 3. The van der Waals surface area contributed by atoms with E-state index in [9.17, 15) is 14.4 Å². The minimum atomic E-state index is -0.438. The van der Waals surface area contributed by atoms with Crippen LogP contribution in [0, 0.1) is 0 Å². The maximum Gasteiger partial charge on any atom is 0.321 e. The van der Waals surface area contributed by atoms with Gasteiger partial charge in [-0.25, -0.2) is 14.8 Å². The van der Waals surface area contributed by atoms with Gasteiger partial charge >= 0.3 is 6.03 Å². The van der Waals surface area contributed by atoms with Crippen LogP contribution in [-0.4, -0.2) is 58.2 Å². The molecule has 1 aromatic carbocycles. The number of anilines is 2. The number of piperazine rings is 1. The zero-order valence-corrected chi connectivity index (χ0v) is 16.2. The lowest BCUT2D eigenvalue weighted by Gasteiger charge is -2.35. The van der Waals surface area contributed by atoms with Crippen molar-refractivity contribution in [3.8, 4) is 0 Å². The summed E-state index contributed by atoms with van der Waals surface area (Å²) >= 11 is 0.831. The molecule has 4 amide bonds. The van der Waals surface area contributed by atoms with Crippen LogP contribution in [0.2, 0.25) is 0 Å². The molecule has 2 aromatic rings. The fourth-order valence-electron chi connectivity index (χ4n) is 3.01. The first kappa shape index (κ1) is 18.9. The summed E-state index contributed by atoms with van der Waals surface area (Å²) in [6.07, 6.45) is 3.11. The van der Waals surface area contributed by atoms with Crippen LogP contribution in [-0.2, 0) is 4.79 Å². The van der Waals surface area contributed by atoms with Crippen LogP contribution in [0.1, 0.15) is 5.82 Å². The van der Waals surface area contributed by atoms with Gasteiger partial charge in [0.1, 0.15) is 5.82 Å². The lowest BCUT2D eigenvalue weighted by atomic mass is 10.3. The number of benzene rings is 1. The van der Waals surface area contributed by atoms with Crippen LogP contribution >= 0.6 is 11.8 Å². The first-order valence-corrected chi connectivity index (χ1v) is 9.84. The van der Waals surface area contributed by atoms with E-state index in [1.807, 2.05) is 30.3 Å². The number of thioether (sulfide) groups is 1. The van der Waals surface area contributed by atoms with E-state index >= 15 is 0 Å². The fraction of sp³-hybridized carbons (Fsp3) is 0.211. The third-order valence-corrected chi connectivity index (χ3v) is 5.29. The Kier molecular flexibility index (Phi) is 5.43. The van der Waals surface area contributed by atoms with Crippen molar-refractivity contribution < 1.29 is 14.4 Å². The van der Waals surface area contributed by atoms with E-state index in [1.165, 1.54) is 6.08 Å². The number of hydrogen-bond acceptors (Lipinski definition) is 7. The third kappa shape index (κ3) is 4.54. The van der Waals surface area contributed by atoms with Gasteiger partial charge in [0, 0.05) is 44.1 Å². The van der Waals surface area contributed by atoms with Gasteiger partial charge in [-0.1, -0.05) is 18.2 Å². The highest BCUT2D eigenvalue weighted by Gasteiger charge is 2.26. The molecule has 2 aliphatic rings. The first-order valence-electron chi connectivity index (χ1n) is 9.02. The molecule has 2 fully saturated rings. The molecular weight excluding hydrogens is 392 g/mol. The zero-order valence-electron chi connectivity index (χ0n) is 15.4. The highest BCUT2D eigenvalue weighted by molar-refractivity contribution is 8.18. The topological polar surface area (TPSA) is 108 Å². The third-order valence-electron chi connectivity index (χ3n) is 4.48. The quantitative estimate of drug-likeness (QED) is 0.747. The second kappa shape index (κ2) is 8.31. The molecule has 0 atom stereocenters. The normalized spacial score (nSPS) is 18.1. The molecule has 9 nitrogen and oxygen atoms in total. The van der Waals surface area contributed by atoms with E-state index in [0.29, 0.717) is 37.8 Å². The van der Waals surface area contributed by atoms with E-state index in [-0.39, 0.29) is 10.9 Å². The molecule has 0 unspecified atom stereocenters. The number of amides is 4. The number of para-hydroxylation sites is 1. The summed E-state index contributed by atoms with van der Waals surface area (Å²) in [7, 11) is 0. The highest BCUT2D eigenvalue weighted by Crippen LogP contribution is 2.25. The Morgan fingerprint density at radius 2 is 1.86 bits per heavy atom. The Balaban J connectivity index is 1.37. The molecule has 1 aromatic heterocycles. The van der Waals surface area contributed by atoms with Crippen LogP contribution in [0.5, 0.6) is 0 Å². The van der Waals surface area contributed by atoms with Crippen LogP contribution < -0.4 is 15.5 Å². The molecule has 0 aliphatic carbocycles. The van der Waals surface area contributed by atoms with Crippen LogP contribution in [0.3, 0.4) is 0 Å². The maximum absolute atomic E-state index is 12.4. The van der Waals surface area contributed by atoms with Gasteiger partial charge in [0.05, 0.1) is 4.91 Å². The summed E-state index contributed by atoms with van der Waals surface area (Å²) in [6, 6.07) is 11.0. The Labute approximate surface area is 171 Å². The zero-order chi connectivity index (χ0) is 20.2. The molecular formula is C19H18N6O3S. The number of aromatic nitrogens is 2. The summed E-state index contributed by atoms with van der Waals surface area (Å²) in [4.78, 5) is 48.1. The number of carbonyl (C=O) groups excluding carboxylic acids is 3. The molecule has 2 saturated heterocycles. The van der Waals surface area contributed by atoms with Crippen LogP contribution in [0.15, 0.2) is 47.5 Å². The minimum absolute atomic E-state index is 0.127. The average molecular weight is 410 g/mol. The first-order chi connectivity index (χ1) is 14.1. The number of nitrogens with one attached hydrogen (secondary N) is 2. The van der Waals surface area contributed by atoms with Gasteiger partial charge in [-0.2, -0.15) is 0 Å². The predicted molar refractivity (Wildman–Crippen MR) is 110 cm³/mol. The summed E-state index contributed by atoms with van der Waals surface area (Å²) < 4.78 is 0. The molecule has 0 saturated carbocycles. The smallest absolute Gasteiger partial charge is 0.321 e. The van der Waals surface area contributed by atoms with Crippen molar-refractivity contribution in [1.82, 2.24) is 20.2 Å². The van der Waals surface area contributed by atoms with E-state index in [0.717, 1.165) is 17.4 Å². The van der Waals surface area contributed by atoms with Crippen LogP contribution in [0.25, 0.3) is 6.08 Å². The van der Waals surface area contributed by atoms with Crippen LogP contribution in [0.4, 0.5) is 21.1 Å². The van der Waals surface area contributed by atoms with Gasteiger partial charge in [0.2, 0.25) is 0 Å². The van der Waals surface area contributed by atoms with E-state index in [4.69, 9.17) is 0 Å².